The molecule has 18 heavy (non-hydrogen) atoms. The molecule has 0 aliphatic rings. The lowest BCUT2D eigenvalue weighted by Gasteiger charge is -2.06. The van der Waals surface area contributed by atoms with Crippen LogP contribution in [0, 0.1) is 11.3 Å². The van der Waals surface area contributed by atoms with E-state index in [1.807, 2.05) is 6.07 Å². The molecule has 0 aromatic carbocycles. The summed E-state index contributed by atoms with van der Waals surface area (Å²) in [5.74, 6) is 0.421. The van der Waals surface area contributed by atoms with Crippen molar-refractivity contribution in [3.8, 4) is 18.0 Å². The molecule has 0 N–H and O–H groups in total. The lowest BCUT2D eigenvalue weighted by atomic mass is 10.4. The monoisotopic (exact) mass is 245 g/mol. The molecule has 0 saturated heterocycles. The molecule has 2 aromatic heterocycles. The van der Waals surface area contributed by atoms with Crippen LogP contribution in [-0.4, -0.2) is 34.0 Å². The fraction of sp³-hybridized carbons (Fsp3) is 0.273. The molecule has 2 aromatic rings. The molecule has 0 radical (unpaired) electrons. The van der Waals surface area contributed by atoms with Crippen LogP contribution in [-0.2, 0) is 6.54 Å². The summed E-state index contributed by atoms with van der Waals surface area (Å²) in [6.45, 7) is 0.414. The highest BCUT2D eigenvalue weighted by Gasteiger charge is 2.06. The first-order valence-corrected chi connectivity index (χ1v) is 5.13. The fourth-order valence-corrected chi connectivity index (χ4v) is 1.40. The second kappa shape index (κ2) is 5.14. The molecule has 0 atom stereocenters. The van der Waals surface area contributed by atoms with E-state index in [1.165, 1.54) is 20.4 Å². The average Bonchev–Trinajstić information content (AvgIpc) is 2.85. The Bertz CT molecular complexity index is 565. The third-order valence-corrected chi connectivity index (χ3v) is 2.21. The van der Waals surface area contributed by atoms with Crippen LogP contribution >= 0.6 is 0 Å². The van der Waals surface area contributed by atoms with Crippen LogP contribution in [0.1, 0.15) is 11.3 Å². The standard InChI is InChI=1S/C11H11N5O2/c1-17-10-3-9(14-11(15-10)18-2)7-16-6-8(4-12)5-13-16/h3,5-6H,7H2,1-2H3. The van der Waals surface area contributed by atoms with Crippen molar-refractivity contribution in [2.24, 2.45) is 0 Å². The van der Waals surface area contributed by atoms with Gasteiger partial charge in [-0.05, 0) is 0 Å². The van der Waals surface area contributed by atoms with Gasteiger partial charge in [-0.1, -0.05) is 0 Å². The van der Waals surface area contributed by atoms with Crippen LogP contribution in [0.4, 0.5) is 0 Å². The highest BCUT2D eigenvalue weighted by Crippen LogP contribution is 2.14. The topological polar surface area (TPSA) is 85.9 Å². The first-order valence-electron chi connectivity index (χ1n) is 5.13. The molecule has 0 amide bonds. The predicted molar refractivity (Wildman–Crippen MR) is 61.2 cm³/mol. The van der Waals surface area contributed by atoms with E-state index in [0.717, 1.165) is 0 Å². The molecule has 0 bridgehead atoms. The first kappa shape index (κ1) is 11.9. The van der Waals surface area contributed by atoms with Gasteiger partial charge < -0.3 is 9.47 Å². The molecular weight excluding hydrogens is 234 g/mol. The third-order valence-electron chi connectivity index (χ3n) is 2.21. The maximum Gasteiger partial charge on any atom is 0.319 e. The van der Waals surface area contributed by atoms with E-state index in [4.69, 9.17) is 14.7 Å². The molecule has 2 rings (SSSR count). The number of ether oxygens (including phenoxy) is 2. The van der Waals surface area contributed by atoms with Crippen LogP contribution in [0.15, 0.2) is 18.5 Å². The molecule has 7 heteroatoms. The molecule has 2 heterocycles. The van der Waals surface area contributed by atoms with Crippen molar-refractivity contribution in [2.75, 3.05) is 14.2 Å². The minimum atomic E-state index is 0.233. The van der Waals surface area contributed by atoms with Gasteiger partial charge in [0.2, 0.25) is 5.88 Å². The zero-order valence-electron chi connectivity index (χ0n) is 9.99. The van der Waals surface area contributed by atoms with Crippen LogP contribution in [0.25, 0.3) is 0 Å². The van der Waals surface area contributed by atoms with Crippen LogP contribution in [0.2, 0.25) is 0 Å². The van der Waals surface area contributed by atoms with E-state index in [-0.39, 0.29) is 6.01 Å². The molecule has 0 saturated carbocycles. The van der Waals surface area contributed by atoms with Gasteiger partial charge in [0.05, 0.1) is 38.2 Å². The number of hydrogen-bond acceptors (Lipinski definition) is 6. The van der Waals surface area contributed by atoms with Crippen molar-refractivity contribution in [3.05, 3.63) is 29.7 Å². The van der Waals surface area contributed by atoms with Crippen LogP contribution < -0.4 is 9.47 Å². The van der Waals surface area contributed by atoms with E-state index in [1.54, 1.807) is 16.9 Å². The van der Waals surface area contributed by atoms with E-state index < -0.39 is 0 Å². The Kier molecular flexibility index (Phi) is 3.38. The van der Waals surface area contributed by atoms with Crippen molar-refractivity contribution in [1.82, 2.24) is 19.7 Å². The Balaban J connectivity index is 2.25. The van der Waals surface area contributed by atoms with Crippen molar-refractivity contribution < 1.29 is 9.47 Å². The summed E-state index contributed by atoms with van der Waals surface area (Å²) < 4.78 is 11.6. The molecule has 0 unspecified atom stereocenters. The SMILES string of the molecule is COc1cc(Cn2cc(C#N)cn2)nc(OC)n1. The molecule has 0 aliphatic heterocycles. The summed E-state index contributed by atoms with van der Waals surface area (Å²) in [6.07, 6.45) is 3.14. The van der Waals surface area contributed by atoms with Crippen LogP contribution in [0.3, 0.4) is 0 Å². The van der Waals surface area contributed by atoms with Crippen molar-refractivity contribution in [3.63, 3.8) is 0 Å². The van der Waals surface area contributed by atoms with E-state index in [0.29, 0.717) is 23.7 Å². The predicted octanol–water partition coefficient (Wildman–Crippen LogP) is 0.610. The maximum atomic E-state index is 8.71. The highest BCUT2D eigenvalue weighted by atomic mass is 16.5. The quantitative estimate of drug-likeness (QED) is 0.784. The van der Waals surface area contributed by atoms with Gasteiger partial charge in [0, 0.05) is 12.3 Å². The molecular formula is C11H11N5O2. The summed E-state index contributed by atoms with van der Waals surface area (Å²) in [6, 6.07) is 3.94. The second-order valence-electron chi connectivity index (χ2n) is 3.43. The molecule has 0 fully saturated rings. The normalized spacial score (nSPS) is 9.83. The lowest BCUT2D eigenvalue weighted by molar-refractivity contribution is 0.349. The minimum absolute atomic E-state index is 0.233. The summed E-state index contributed by atoms with van der Waals surface area (Å²) >= 11 is 0. The Labute approximate surface area is 104 Å². The van der Waals surface area contributed by atoms with Crippen molar-refractivity contribution in [1.29, 1.82) is 5.26 Å². The number of rotatable bonds is 4. The Morgan fingerprint density at radius 1 is 1.33 bits per heavy atom. The first-order chi connectivity index (χ1) is 8.75. The number of aromatic nitrogens is 4. The van der Waals surface area contributed by atoms with Crippen molar-refractivity contribution >= 4 is 0 Å². The Hall–Kier alpha value is -2.62. The van der Waals surface area contributed by atoms with E-state index in [9.17, 15) is 0 Å². The highest BCUT2D eigenvalue weighted by molar-refractivity contribution is 5.23. The molecule has 92 valence electrons. The van der Waals surface area contributed by atoms with Crippen molar-refractivity contribution in [2.45, 2.75) is 6.54 Å². The smallest absolute Gasteiger partial charge is 0.319 e. The number of methoxy groups -OCH3 is 2. The second-order valence-corrected chi connectivity index (χ2v) is 3.43. The summed E-state index contributed by atoms with van der Waals surface area (Å²) in [5, 5.41) is 12.8. The van der Waals surface area contributed by atoms with Gasteiger partial charge in [-0.15, -0.1) is 0 Å². The summed E-state index contributed by atoms with van der Waals surface area (Å²) in [4.78, 5) is 8.17. The summed E-state index contributed by atoms with van der Waals surface area (Å²) in [5.41, 5.74) is 1.19. The van der Waals surface area contributed by atoms with Gasteiger partial charge in [0.15, 0.2) is 0 Å². The zero-order valence-corrected chi connectivity index (χ0v) is 9.99. The van der Waals surface area contributed by atoms with E-state index >= 15 is 0 Å². The van der Waals surface area contributed by atoms with Crippen LogP contribution in [0.5, 0.6) is 11.9 Å². The van der Waals surface area contributed by atoms with Gasteiger partial charge in [-0.2, -0.15) is 20.3 Å². The van der Waals surface area contributed by atoms with Gasteiger partial charge in [-0.25, -0.2) is 0 Å². The Morgan fingerprint density at radius 3 is 2.78 bits per heavy atom. The minimum Gasteiger partial charge on any atom is -0.481 e. The number of nitriles is 1. The van der Waals surface area contributed by atoms with Gasteiger partial charge in [0.1, 0.15) is 6.07 Å². The number of hydrogen-bond donors (Lipinski definition) is 0. The molecule has 0 spiro atoms. The molecule has 0 aliphatic carbocycles. The van der Waals surface area contributed by atoms with Gasteiger partial charge in [0.25, 0.3) is 0 Å². The van der Waals surface area contributed by atoms with Gasteiger partial charge in [-0.3, -0.25) is 4.68 Å². The average molecular weight is 245 g/mol. The fourth-order valence-electron chi connectivity index (χ4n) is 1.40. The zero-order chi connectivity index (χ0) is 13.0. The third kappa shape index (κ3) is 2.55. The van der Waals surface area contributed by atoms with E-state index in [2.05, 4.69) is 15.1 Å². The maximum absolute atomic E-state index is 8.71. The number of nitrogens with zero attached hydrogens (tertiary/aromatic N) is 5. The summed E-state index contributed by atoms with van der Waals surface area (Å²) in [7, 11) is 3.01. The van der Waals surface area contributed by atoms with Gasteiger partial charge >= 0.3 is 6.01 Å². The lowest BCUT2D eigenvalue weighted by Crippen LogP contribution is -2.05. The Morgan fingerprint density at radius 2 is 2.17 bits per heavy atom. The largest absolute Gasteiger partial charge is 0.481 e. The molecule has 7 nitrogen and oxygen atoms in total.